The van der Waals surface area contributed by atoms with E-state index < -0.39 is 5.97 Å². The minimum atomic E-state index is -0.529. The van der Waals surface area contributed by atoms with E-state index in [0.717, 1.165) is 0 Å². The molecule has 0 atom stereocenters. The molecular formula is C12H18N2O4. The molecule has 0 aliphatic rings. The Labute approximate surface area is 106 Å². The van der Waals surface area contributed by atoms with Crippen LogP contribution in [0.25, 0.3) is 0 Å². The molecule has 100 valence electrons. The summed E-state index contributed by atoms with van der Waals surface area (Å²) >= 11 is 0. The molecule has 0 saturated heterocycles. The van der Waals surface area contributed by atoms with Crippen LogP contribution in [0.15, 0.2) is 12.1 Å². The fraction of sp³-hybridized carbons (Fsp3) is 0.500. The van der Waals surface area contributed by atoms with Gasteiger partial charge in [0.2, 0.25) is 5.88 Å². The van der Waals surface area contributed by atoms with Gasteiger partial charge in [0, 0.05) is 0 Å². The first-order valence-electron chi connectivity index (χ1n) is 5.63. The molecule has 6 nitrogen and oxygen atoms in total. The van der Waals surface area contributed by atoms with Crippen LogP contribution in [0.2, 0.25) is 0 Å². The highest BCUT2D eigenvalue weighted by Crippen LogP contribution is 2.18. The first-order valence-corrected chi connectivity index (χ1v) is 5.63. The van der Waals surface area contributed by atoms with Gasteiger partial charge in [0.15, 0.2) is 5.69 Å². The minimum Gasteiger partial charge on any atom is -0.474 e. The molecule has 0 aliphatic heterocycles. The van der Waals surface area contributed by atoms with Crippen molar-refractivity contribution in [3.8, 4) is 5.88 Å². The number of pyridine rings is 1. The van der Waals surface area contributed by atoms with E-state index >= 15 is 0 Å². The number of rotatable bonds is 6. The van der Waals surface area contributed by atoms with Crippen molar-refractivity contribution < 1.29 is 19.0 Å². The van der Waals surface area contributed by atoms with Gasteiger partial charge in [-0.15, -0.1) is 0 Å². The largest absolute Gasteiger partial charge is 0.474 e. The number of hydrogen-bond donors (Lipinski definition) is 1. The second-order valence-corrected chi connectivity index (χ2v) is 3.85. The molecule has 1 rings (SSSR count). The van der Waals surface area contributed by atoms with Crippen LogP contribution in [0.1, 0.15) is 24.3 Å². The van der Waals surface area contributed by atoms with E-state index in [4.69, 9.17) is 15.2 Å². The van der Waals surface area contributed by atoms with E-state index in [0.29, 0.717) is 18.9 Å². The molecule has 0 spiro atoms. The Morgan fingerprint density at radius 3 is 2.72 bits per heavy atom. The zero-order valence-electron chi connectivity index (χ0n) is 10.8. The maximum atomic E-state index is 11.3. The van der Waals surface area contributed by atoms with Crippen LogP contribution in [-0.4, -0.2) is 37.4 Å². The van der Waals surface area contributed by atoms with Crippen LogP contribution in [0.4, 0.5) is 5.69 Å². The number of esters is 1. The summed E-state index contributed by atoms with van der Waals surface area (Å²) in [5.74, 6) is -0.316. The lowest BCUT2D eigenvalue weighted by molar-refractivity contribution is 0.0538. The molecule has 0 aromatic carbocycles. The van der Waals surface area contributed by atoms with Crippen LogP contribution in [0.5, 0.6) is 5.88 Å². The van der Waals surface area contributed by atoms with Gasteiger partial charge >= 0.3 is 5.97 Å². The lowest BCUT2D eigenvalue weighted by atomic mass is 10.3. The van der Waals surface area contributed by atoms with E-state index in [1.807, 2.05) is 13.8 Å². The van der Waals surface area contributed by atoms with Crippen molar-refractivity contribution in [3.63, 3.8) is 0 Å². The van der Waals surface area contributed by atoms with Gasteiger partial charge in [-0.1, -0.05) is 0 Å². The van der Waals surface area contributed by atoms with E-state index in [-0.39, 0.29) is 17.7 Å². The van der Waals surface area contributed by atoms with Crippen molar-refractivity contribution >= 4 is 11.7 Å². The molecule has 0 amide bonds. The number of ether oxygens (including phenoxy) is 3. The molecule has 6 heteroatoms. The Morgan fingerprint density at radius 2 is 2.11 bits per heavy atom. The number of anilines is 1. The molecule has 0 bridgehead atoms. The third-order valence-electron chi connectivity index (χ3n) is 2.06. The van der Waals surface area contributed by atoms with E-state index in [2.05, 4.69) is 9.72 Å². The summed E-state index contributed by atoms with van der Waals surface area (Å²) in [5, 5.41) is 0. The Kier molecular flexibility index (Phi) is 5.38. The van der Waals surface area contributed by atoms with Crippen LogP contribution < -0.4 is 10.5 Å². The molecule has 0 saturated carbocycles. The Balaban J connectivity index is 2.61. The topological polar surface area (TPSA) is 83.7 Å². The fourth-order valence-electron chi connectivity index (χ4n) is 1.21. The third kappa shape index (κ3) is 4.21. The summed E-state index contributed by atoms with van der Waals surface area (Å²) in [7, 11) is 1.29. The molecule has 1 heterocycles. The number of aromatic nitrogens is 1. The summed E-state index contributed by atoms with van der Waals surface area (Å²) in [6.45, 7) is 4.62. The smallest absolute Gasteiger partial charge is 0.356 e. The molecule has 1 aromatic heterocycles. The monoisotopic (exact) mass is 254 g/mol. The Bertz CT molecular complexity index is 407. The van der Waals surface area contributed by atoms with Gasteiger partial charge in [0.1, 0.15) is 6.61 Å². The van der Waals surface area contributed by atoms with E-state index in [1.54, 1.807) is 6.07 Å². The van der Waals surface area contributed by atoms with E-state index in [1.165, 1.54) is 13.2 Å². The van der Waals surface area contributed by atoms with Crippen LogP contribution >= 0.6 is 0 Å². The summed E-state index contributed by atoms with van der Waals surface area (Å²) in [5.41, 5.74) is 6.22. The first-order chi connectivity index (χ1) is 8.54. The molecule has 2 N–H and O–H groups in total. The predicted molar refractivity (Wildman–Crippen MR) is 66.6 cm³/mol. The molecule has 0 unspecified atom stereocenters. The minimum absolute atomic E-state index is 0.139. The Morgan fingerprint density at radius 1 is 1.39 bits per heavy atom. The maximum absolute atomic E-state index is 11.3. The summed E-state index contributed by atoms with van der Waals surface area (Å²) in [6, 6.07) is 3.04. The van der Waals surface area contributed by atoms with Crippen LogP contribution in [0, 0.1) is 0 Å². The summed E-state index contributed by atoms with van der Waals surface area (Å²) in [4.78, 5) is 15.3. The highest BCUT2D eigenvalue weighted by Gasteiger charge is 2.11. The predicted octanol–water partition coefficient (Wildman–Crippen LogP) is 1.25. The fourth-order valence-corrected chi connectivity index (χ4v) is 1.21. The number of methoxy groups -OCH3 is 1. The second kappa shape index (κ2) is 6.80. The van der Waals surface area contributed by atoms with Crippen LogP contribution in [-0.2, 0) is 9.47 Å². The SMILES string of the molecule is COC(=O)c1ccc(N)c(OCCOC(C)C)n1. The summed E-state index contributed by atoms with van der Waals surface area (Å²) in [6.07, 6.45) is 0.139. The average Bonchev–Trinajstić information content (AvgIpc) is 2.35. The van der Waals surface area contributed by atoms with Gasteiger partial charge in [-0.05, 0) is 26.0 Å². The molecule has 0 fully saturated rings. The average molecular weight is 254 g/mol. The number of nitrogen functional groups attached to an aromatic ring is 1. The van der Waals surface area contributed by atoms with Gasteiger partial charge in [0.05, 0.1) is 25.5 Å². The molecular weight excluding hydrogens is 236 g/mol. The standard InChI is InChI=1S/C12H18N2O4/c1-8(2)17-6-7-18-11-9(13)4-5-10(14-11)12(15)16-3/h4-5,8H,6-7,13H2,1-3H3. The Hall–Kier alpha value is -1.82. The lowest BCUT2D eigenvalue weighted by Gasteiger charge is -2.10. The van der Waals surface area contributed by atoms with Gasteiger partial charge in [0.25, 0.3) is 0 Å². The van der Waals surface area contributed by atoms with Crippen molar-refractivity contribution in [2.24, 2.45) is 0 Å². The molecule has 18 heavy (non-hydrogen) atoms. The number of nitrogens with zero attached hydrogens (tertiary/aromatic N) is 1. The number of carbonyl (C=O) groups is 1. The molecule has 1 aromatic rings. The van der Waals surface area contributed by atoms with Gasteiger partial charge in [-0.25, -0.2) is 9.78 Å². The van der Waals surface area contributed by atoms with E-state index in [9.17, 15) is 4.79 Å². The maximum Gasteiger partial charge on any atom is 0.356 e. The van der Waals surface area contributed by atoms with Gasteiger partial charge in [-0.2, -0.15) is 0 Å². The van der Waals surface area contributed by atoms with Gasteiger partial charge in [-0.3, -0.25) is 0 Å². The highest BCUT2D eigenvalue weighted by molar-refractivity contribution is 5.87. The van der Waals surface area contributed by atoms with Gasteiger partial charge < -0.3 is 19.9 Å². The second-order valence-electron chi connectivity index (χ2n) is 3.85. The third-order valence-corrected chi connectivity index (χ3v) is 2.06. The zero-order chi connectivity index (χ0) is 13.5. The lowest BCUT2D eigenvalue weighted by Crippen LogP contribution is -2.13. The van der Waals surface area contributed by atoms with Crippen molar-refractivity contribution in [1.29, 1.82) is 0 Å². The number of hydrogen-bond acceptors (Lipinski definition) is 6. The molecule has 0 aliphatic carbocycles. The molecule has 0 radical (unpaired) electrons. The van der Waals surface area contributed by atoms with Crippen LogP contribution in [0.3, 0.4) is 0 Å². The number of nitrogens with two attached hydrogens (primary N) is 1. The normalized spacial score (nSPS) is 10.4. The summed E-state index contributed by atoms with van der Waals surface area (Å²) < 4.78 is 15.2. The van der Waals surface area contributed by atoms with Crippen molar-refractivity contribution in [2.45, 2.75) is 20.0 Å². The highest BCUT2D eigenvalue weighted by atomic mass is 16.5. The van der Waals surface area contributed by atoms with Crippen molar-refractivity contribution in [2.75, 3.05) is 26.1 Å². The van der Waals surface area contributed by atoms with Crippen molar-refractivity contribution in [1.82, 2.24) is 4.98 Å². The zero-order valence-corrected chi connectivity index (χ0v) is 10.8. The van der Waals surface area contributed by atoms with Crippen molar-refractivity contribution in [3.05, 3.63) is 17.8 Å². The quantitative estimate of drug-likeness (QED) is 0.607. The first kappa shape index (κ1) is 14.2. The number of carbonyl (C=O) groups excluding carboxylic acids is 1.